The summed E-state index contributed by atoms with van der Waals surface area (Å²) >= 11 is 0. The van der Waals surface area contributed by atoms with Gasteiger partial charge in [-0.05, 0) is 51.3 Å². The second-order valence-electron chi connectivity index (χ2n) is 7.70. The monoisotopic (exact) mass is 371 g/mol. The lowest BCUT2D eigenvalue weighted by atomic mass is 10.1. The number of hydrogen-bond donors (Lipinski definition) is 0. The molecule has 2 heterocycles. The van der Waals surface area contributed by atoms with Gasteiger partial charge in [0.2, 0.25) is 0 Å². The highest BCUT2D eigenvalue weighted by Crippen LogP contribution is 2.21. The number of nitrogens with zero attached hydrogens (tertiary/aromatic N) is 3. The molecule has 0 spiro atoms. The van der Waals surface area contributed by atoms with Crippen molar-refractivity contribution in [1.82, 2.24) is 14.7 Å². The molecule has 3 rings (SSSR count). The summed E-state index contributed by atoms with van der Waals surface area (Å²) in [6.45, 7) is 14.1. The molecule has 1 unspecified atom stereocenters. The van der Waals surface area contributed by atoms with Gasteiger partial charge in [-0.25, -0.2) is 4.39 Å². The van der Waals surface area contributed by atoms with E-state index in [2.05, 4.69) is 25.3 Å². The molecule has 0 radical (unpaired) electrons. The maximum atomic E-state index is 13.6. The molecule has 1 atom stereocenters. The van der Waals surface area contributed by atoms with Crippen LogP contribution in [0, 0.1) is 19.7 Å². The molecule has 1 aromatic heterocycles. The van der Waals surface area contributed by atoms with Crippen molar-refractivity contribution in [3.05, 3.63) is 64.7 Å². The van der Waals surface area contributed by atoms with E-state index in [9.17, 15) is 4.39 Å². The SMILES string of the molecule is C=C(C)Cn1nc(C)c(CN(Cc2cccc(F)c2)CC2CCCO2)c1C. The zero-order valence-corrected chi connectivity index (χ0v) is 16.7. The van der Waals surface area contributed by atoms with Crippen LogP contribution in [0.3, 0.4) is 0 Å². The first-order chi connectivity index (χ1) is 12.9. The second kappa shape index (κ2) is 8.81. The third kappa shape index (κ3) is 5.27. The molecule has 2 aromatic rings. The summed E-state index contributed by atoms with van der Waals surface area (Å²) < 4.78 is 21.5. The average Bonchev–Trinajstić information content (AvgIpc) is 3.18. The molecule has 0 N–H and O–H groups in total. The predicted octanol–water partition coefficient (Wildman–Crippen LogP) is 4.40. The number of allylic oxidation sites excluding steroid dienone is 1. The van der Waals surface area contributed by atoms with Crippen LogP contribution < -0.4 is 0 Å². The Kier molecular flexibility index (Phi) is 6.45. The van der Waals surface area contributed by atoms with Crippen LogP contribution in [0.2, 0.25) is 0 Å². The van der Waals surface area contributed by atoms with Gasteiger partial charge in [0.25, 0.3) is 0 Å². The summed E-state index contributed by atoms with van der Waals surface area (Å²) in [6.07, 6.45) is 2.46. The average molecular weight is 372 g/mol. The number of aromatic nitrogens is 2. The summed E-state index contributed by atoms with van der Waals surface area (Å²) in [5.74, 6) is -0.189. The summed E-state index contributed by atoms with van der Waals surface area (Å²) in [7, 11) is 0. The highest BCUT2D eigenvalue weighted by atomic mass is 19.1. The molecule has 0 aliphatic carbocycles. The van der Waals surface area contributed by atoms with E-state index >= 15 is 0 Å². The van der Waals surface area contributed by atoms with Gasteiger partial charge in [-0.1, -0.05) is 24.3 Å². The second-order valence-corrected chi connectivity index (χ2v) is 7.70. The van der Waals surface area contributed by atoms with Gasteiger partial charge in [-0.2, -0.15) is 5.10 Å². The minimum Gasteiger partial charge on any atom is -0.377 e. The number of halogens is 1. The Labute approximate surface area is 161 Å². The number of aryl methyl sites for hydroxylation is 1. The summed E-state index contributed by atoms with van der Waals surface area (Å²) in [4.78, 5) is 2.35. The highest BCUT2D eigenvalue weighted by Gasteiger charge is 2.22. The maximum Gasteiger partial charge on any atom is 0.123 e. The smallest absolute Gasteiger partial charge is 0.123 e. The molecular weight excluding hydrogens is 341 g/mol. The Morgan fingerprint density at radius 1 is 1.37 bits per heavy atom. The summed E-state index contributed by atoms with van der Waals surface area (Å²) in [5, 5.41) is 4.69. The van der Waals surface area contributed by atoms with E-state index in [4.69, 9.17) is 9.84 Å². The van der Waals surface area contributed by atoms with Crippen LogP contribution in [0.15, 0.2) is 36.4 Å². The molecule has 0 saturated carbocycles. The van der Waals surface area contributed by atoms with Crippen molar-refractivity contribution in [2.24, 2.45) is 0 Å². The Hall–Kier alpha value is -1.98. The molecule has 5 heteroatoms. The standard InChI is InChI=1S/C22H30FN3O/c1-16(2)12-26-18(4)22(17(3)24-26)15-25(14-21-9-6-10-27-21)13-19-7-5-8-20(23)11-19/h5,7-8,11,21H,1,6,9-10,12-15H2,2-4H3. The van der Waals surface area contributed by atoms with Crippen molar-refractivity contribution in [2.75, 3.05) is 13.2 Å². The summed E-state index contributed by atoms with van der Waals surface area (Å²) in [5.41, 5.74) is 5.53. The zero-order chi connectivity index (χ0) is 19.4. The Balaban J connectivity index is 1.80. The largest absolute Gasteiger partial charge is 0.377 e. The Bertz CT molecular complexity index is 793. The molecule has 1 aliphatic heterocycles. The van der Waals surface area contributed by atoms with Gasteiger partial charge in [0.1, 0.15) is 5.82 Å². The minimum atomic E-state index is -0.189. The molecule has 146 valence electrons. The number of ether oxygens (including phenoxy) is 1. The van der Waals surface area contributed by atoms with E-state index in [-0.39, 0.29) is 11.9 Å². The van der Waals surface area contributed by atoms with Crippen molar-refractivity contribution in [2.45, 2.75) is 59.4 Å². The van der Waals surface area contributed by atoms with E-state index in [0.717, 1.165) is 55.9 Å². The zero-order valence-electron chi connectivity index (χ0n) is 16.7. The topological polar surface area (TPSA) is 30.3 Å². The van der Waals surface area contributed by atoms with Crippen molar-refractivity contribution >= 4 is 0 Å². The van der Waals surface area contributed by atoms with E-state index in [1.165, 1.54) is 17.3 Å². The summed E-state index contributed by atoms with van der Waals surface area (Å²) in [6, 6.07) is 6.86. The number of rotatable bonds is 8. The minimum absolute atomic E-state index is 0.189. The van der Waals surface area contributed by atoms with E-state index in [1.807, 2.05) is 17.7 Å². The van der Waals surface area contributed by atoms with Crippen molar-refractivity contribution in [3.63, 3.8) is 0 Å². The quantitative estimate of drug-likeness (QED) is 0.645. The van der Waals surface area contributed by atoms with Gasteiger partial charge in [-0.3, -0.25) is 9.58 Å². The Morgan fingerprint density at radius 2 is 2.19 bits per heavy atom. The van der Waals surface area contributed by atoms with Crippen molar-refractivity contribution < 1.29 is 9.13 Å². The number of benzene rings is 1. The first kappa shape index (κ1) is 19.8. The fourth-order valence-corrected chi connectivity index (χ4v) is 3.75. The van der Waals surface area contributed by atoms with Crippen molar-refractivity contribution in [1.29, 1.82) is 0 Å². The van der Waals surface area contributed by atoms with Gasteiger partial charge in [0, 0.05) is 37.5 Å². The maximum absolute atomic E-state index is 13.6. The molecule has 4 nitrogen and oxygen atoms in total. The van der Waals surface area contributed by atoms with Gasteiger partial charge < -0.3 is 4.74 Å². The van der Waals surface area contributed by atoms with Gasteiger partial charge >= 0.3 is 0 Å². The first-order valence-electron chi connectivity index (χ1n) is 9.68. The van der Waals surface area contributed by atoms with Crippen LogP contribution in [-0.2, 0) is 24.4 Å². The number of hydrogen-bond acceptors (Lipinski definition) is 3. The fourth-order valence-electron chi connectivity index (χ4n) is 3.75. The van der Waals surface area contributed by atoms with E-state index < -0.39 is 0 Å². The predicted molar refractivity (Wildman–Crippen MR) is 106 cm³/mol. The lowest BCUT2D eigenvalue weighted by Gasteiger charge is -2.25. The molecule has 1 aromatic carbocycles. The van der Waals surface area contributed by atoms with Crippen LogP contribution >= 0.6 is 0 Å². The van der Waals surface area contributed by atoms with Crippen LogP contribution in [0.5, 0.6) is 0 Å². The molecule has 1 fully saturated rings. The lowest BCUT2D eigenvalue weighted by Crippen LogP contribution is -2.31. The Morgan fingerprint density at radius 3 is 2.85 bits per heavy atom. The third-order valence-corrected chi connectivity index (χ3v) is 5.11. The molecule has 0 bridgehead atoms. The third-order valence-electron chi connectivity index (χ3n) is 5.11. The van der Waals surface area contributed by atoms with Gasteiger partial charge in [0.05, 0.1) is 18.3 Å². The highest BCUT2D eigenvalue weighted by molar-refractivity contribution is 5.25. The molecular formula is C22H30FN3O. The van der Waals surface area contributed by atoms with Crippen LogP contribution in [-0.4, -0.2) is 33.9 Å². The first-order valence-corrected chi connectivity index (χ1v) is 9.68. The van der Waals surface area contributed by atoms with Crippen LogP contribution in [0.4, 0.5) is 4.39 Å². The lowest BCUT2D eigenvalue weighted by molar-refractivity contribution is 0.0677. The van der Waals surface area contributed by atoms with Gasteiger partial charge in [0.15, 0.2) is 0 Å². The molecule has 1 aliphatic rings. The fraction of sp³-hybridized carbons (Fsp3) is 0.500. The van der Waals surface area contributed by atoms with Crippen LogP contribution in [0.25, 0.3) is 0 Å². The van der Waals surface area contributed by atoms with E-state index in [1.54, 1.807) is 12.1 Å². The van der Waals surface area contributed by atoms with E-state index in [0.29, 0.717) is 6.54 Å². The van der Waals surface area contributed by atoms with Crippen molar-refractivity contribution in [3.8, 4) is 0 Å². The molecule has 1 saturated heterocycles. The van der Waals surface area contributed by atoms with Crippen LogP contribution in [0.1, 0.15) is 42.3 Å². The normalized spacial score (nSPS) is 17.0. The van der Waals surface area contributed by atoms with Gasteiger partial charge in [-0.15, -0.1) is 0 Å². The molecule has 27 heavy (non-hydrogen) atoms. The molecule has 0 amide bonds.